The summed E-state index contributed by atoms with van der Waals surface area (Å²) >= 11 is 0. The van der Waals surface area contributed by atoms with Crippen molar-refractivity contribution in [2.75, 3.05) is 40.1 Å². The molecule has 0 amide bonds. The number of hydrogen-bond donors (Lipinski definition) is 1. The molecule has 6 nitrogen and oxygen atoms in total. The Morgan fingerprint density at radius 1 is 1.09 bits per heavy atom. The molecule has 0 radical (unpaired) electrons. The van der Waals surface area contributed by atoms with E-state index in [2.05, 4.69) is 6.58 Å². The Morgan fingerprint density at radius 2 is 1.65 bits per heavy atom. The van der Waals surface area contributed by atoms with Crippen LogP contribution in [0.1, 0.15) is 43.6 Å². The molecule has 0 saturated carbocycles. The summed E-state index contributed by atoms with van der Waals surface area (Å²) in [7, 11) is 1.61. The number of carbonyl (C=O) groups excluding carboxylic acids is 1. The summed E-state index contributed by atoms with van der Waals surface area (Å²) in [6, 6.07) is 0. The lowest BCUT2D eigenvalue weighted by Gasteiger charge is -2.14. The van der Waals surface area contributed by atoms with Gasteiger partial charge < -0.3 is 24.1 Å². The zero-order valence-electron chi connectivity index (χ0n) is 11.9. The van der Waals surface area contributed by atoms with Crippen LogP contribution < -0.4 is 0 Å². The predicted octanol–water partition coefficient (Wildman–Crippen LogP) is 3.08. The van der Waals surface area contributed by atoms with Crippen LogP contribution in [0.5, 0.6) is 0 Å². The molecular weight excluding hydrogens is 300 g/mol. The van der Waals surface area contributed by atoms with Gasteiger partial charge in [-0.2, -0.15) is 0 Å². The minimum Gasteiger partial charge on any atom is -0.460 e. The molecule has 1 N–H and O–H groups in total. The average Bonchev–Trinajstić information content (AvgIpc) is 2.35. The number of ether oxygens (including phenoxy) is 4. The molecule has 0 aliphatic rings. The van der Waals surface area contributed by atoms with Crippen molar-refractivity contribution in [3.8, 4) is 0 Å². The van der Waals surface area contributed by atoms with Crippen LogP contribution in [-0.4, -0.2) is 63.4 Å². The van der Waals surface area contributed by atoms with Crippen LogP contribution in [0.15, 0.2) is 12.2 Å². The molecule has 0 saturated heterocycles. The number of methoxy groups -OCH3 is 1. The van der Waals surface area contributed by atoms with Crippen LogP contribution in [0.3, 0.4) is 0 Å². The first-order valence-corrected chi connectivity index (χ1v) is 6.16. The first kappa shape index (κ1) is 33.6. The van der Waals surface area contributed by atoms with Gasteiger partial charge in [0.15, 0.2) is 0 Å². The highest BCUT2D eigenvalue weighted by molar-refractivity contribution is 5.86. The van der Waals surface area contributed by atoms with Crippen molar-refractivity contribution in [3.63, 3.8) is 0 Å². The SMILES string of the molecule is C.C.C.C.C=C(C)C(=O)OCC(O)COCCOC(C)COC. The second kappa shape index (κ2) is 21.0. The smallest absolute Gasteiger partial charge is 0.333 e. The van der Waals surface area contributed by atoms with E-state index >= 15 is 0 Å². The van der Waals surface area contributed by atoms with Gasteiger partial charge in [0.1, 0.15) is 12.7 Å². The molecule has 0 rings (SSSR count). The molecule has 6 heteroatoms. The van der Waals surface area contributed by atoms with E-state index in [0.717, 1.165) is 0 Å². The maximum absolute atomic E-state index is 11.1. The lowest BCUT2D eigenvalue weighted by molar-refractivity contribution is -0.143. The van der Waals surface area contributed by atoms with E-state index in [0.29, 0.717) is 25.4 Å². The second-order valence-electron chi connectivity index (χ2n) is 4.24. The Hall–Kier alpha value is -0.950. The molecule has 144 valence electrons. The van der Waals surface area contributed by atoms with E-state index < -0.39 is 12.1 Å². The topological polar surface area (TPSA) is 74.2 Å². The number of aliphatic hydroxyl groups excluding tert-OH is 1. The van der Waals surface area contributed by atoms with Crippen LogP contribution in [0, 0.1) is 0 Å². The average molecular weight is 341 g/mol. The van der Waals surface area contributed by atoms with E-state index in [1.807, 2.05) is 6.92 Å². The molecule has 0 aliphatic carbocycles. The third-order valence-electron chi connectivity index (χ3n) is 2.10. The summed E-state index contributed by atoms with van der Waals surface area (Å²) in [5, 5.41) is 9.48. The quantitative estimate of drug-likeness (QED) is 0.354. The lowest BCUT2D eigenvalue weighted by Crippen LogP contribution is -2.25. The summed E-state index contributed by atoms with van der Waals surface area (Å²) in [6.45, 7) is 8.17. The Labute approximate surface area is 143 Å². The van der Waals surface area contributed by atoms with Gasteiger partial charge in [0.2, 0.25) is 0 Å². The molecule has 0 bridgehead atoms. The summed E-state index contributed by atoms with van der Waals surface area (Å²) in [5.41, 5.74) is 0.300. The van der Waals surface area contributed by atoms with Crippen LogP contribution in [-0.2, 0) is 23.7 Å². The lowest BCUT2D eigenvalue weighted by atomic mass is 10.3. The predicted molar refractivity (Wildman–Crippen MR) is 96.8 cm³/mol. The third kappa shape index (κ3) is 21.1. The number of carbonyl (C=O) groups is 1. The molecule has 0 aromatic rings. The van der Waals surface area contributed by atoms with Crippen LogP contribution >= 0.6 is 0 Å². The Morgan fingerprint density at radius 3 is 2.13 bits per heavy atom. The van der Waals surface area contributed by atoms with Gasteiger partial charge in [0.05, 0.1) is 32.5 Å². The fourth-order valence-corrected chi connectivity index (χ4v) is 1.15. The van der Waals surface area contributed by atoms with Crippen molar-refractivity contribution < 1.29 is 28.8 Å². The van der Waals surface area contributed by atoms with Gasteiger partial charge in [0, 0.05) is 12.7 Å². The van der Waals surface area contributed by atoms with Crippen molar-refractivity contribution in [3.05, 3.63) is 12.2 Å². The minimum atomic E-state index is -0.848. The maximum atomic E-state index is 11.1. The minimum absolute atomic E-state index is 0. The first-order chi connectivity index (χ1) is 8.97. The summed E-state index contributed by atoms with van der Waals surface area (Å²) in [5.74, 6) is -0.518. The van der Waals surface area contributed by atoms with E-state index in [-0.39, 0.29) is 49.0 Å². The molecule has 0 heterocycles. The van der Waals surface area contributed by atoms with E-state index in [9.17, 15) is 9.90 Å². The highest BCUT2D eigenvalue weighted by atomic mass is 16.6. The van der Waals surface area contributed by atoms with Gasteiger partial charge in [-0.3, -0.25) is 0 Å². The molecule has 0 aromatic carbocycles. The highest BCUT2D eigenvalue weighted by Gasteiger charge is 2.09. The van der Waals surface area contributed by atoms with Gasteiger partial charge in [-0.25, -0.2) is 4.79 Å². The summed E-state index contributed by atoms with van der Waals surface area (Å²) in [6.07, 6.45) is -0.838. The second-order valence-corrected chi connectivity index (χ2v) is 4.24. The van der Waals surface area contributed by atoms with Gasteiger partial charge in [-0.15, -0.1) is 0 Å². The zero-order chi connectivity index (χ0) is 14.7. The maximum Gasteiger partial charge on any atom is 0.333 e. The normalized spacial score (nSPS) is 11.5. The van der Waals surface area contributed by atoms with E-state index in [4.69, 9.17) is 18.9 Å². The van der Waals surface area contributed by atoms with Crippen molar-refractivity contribution in [1.29, 1.82) is 0 Å². The molecule has 0 spiro atoms. The Kier molecular flexibility index (Phi) is 30.8. The van der Waals surface area contributed by atoms with Crippen LogP contribution in [0.25, 0.3) is 0 Å². The third-order valence-corrected chi connectivity index (χ3v) is 2.10. The number of rotatable bonds is 11. The molecule has 2 atom stereocenters. The monoisotopic (exact) mass is 340 g/mol. The molecular formula is C17H40O6. The zero-order valence-corrected chi connectivity index (χ0v) is 11.9. The van der Waals surface area contributed by atoms with Crippen LogP contribution in [0.2, 0.25) is 0 Å². The van der Waals surface area contributed by atoms with Crippen molar-refractivity contribution in [2.45, 2.75) is 55.8 Å². The molecule has 0 aromatic heterocycles. The van der Waals surface area contributed by atoms with Crippen LogP contribution in [0.4, 0.5) is 0 Å². The highest BCUT2D eigenvalue weighted by Crippen LogP contribution is 1.95. The number of aliphatic hydroxyl groups is 1. The fourth-order valence-electron chi connectivity index (χ4n) is 1.15. The largest absolute Gasteiger partial charge is 0.460 e. The fraction of sp³-hybridized carbons (Fsp3) is 0.824. The molecule has 2 unspecified atom stereocenters. The van der Waals surface area contributed by atoms with Gasteiger partial charge in [-0.1, -0.05) is 36.3 Å². The molecule has 0 aliphatic heterocycles. The Balaban J connectivity index is -0.000000270. The number of hydrogen-bond acceptors (Lipinski definition) is 6. The Bertz CT molecular complexity index is 268. The van der Waals surface area contributed by atoms with Crippen molar-refractivity contribution in [2.24, 2.45) is 0 Å². The standard InChI is InChI=1S/C13H24O6.4CH4/c1-10(2)13(15)19-9-12(14)8-17-5-6-18-11(3)7-16-4;;;;/h11-12,14H,1,5-9H2,2-4H3;4*1H4. The van der Waals surface area contributed by atoms with Crippen molar-refractivity contribution in [1.82, 2.24) is 0 Å². The number of esters is 1. The van der Waals surface area contributed by atoms with E-state index in [1.165, 1.54) is 0 Å². The summed E-state index contributed by atoms with van der Waals surface area (Å²) in [4.78, 5) is 11.1. The summed E-state index contributed by atoms with van der Waals surface area (Å²) < 4.78 is 20.2. The first-order valence-electron chi connectivity index (χ1n) is 6.16. The van der Waals surface area contributed by atoms with Gasteiger partial charge in [0.25, 0.3) is 0 Å². The van der Waals surface area contributed by atoms with E-state index in [1.54, 1.807) is 14.0 Å². The molecule has 0 fully saturated rings. The van der Waals surface area contributed by atoms with Crippen molar-refractivity contribution >= 4 is 5.97 Å². The molecule has 23 heavy (non-hydrogen) atoms. The van der Waals surface area contributed by atoms with Gasteiger partial charge in [-0.05, 0) is 13.8 Å². The van der Waals surface area contributed by atoms with Gasteiger partial charge >= 0.3 is 5.97 Å².